The highest BCUT2D eigenvalue weighted by molar-refractivity contribution is 5.83. The standard InChI is InChI=1S/C10H16O/c1-7-4-5-8(2)10(11)9(3)6-7/h4,8-9H,5-6H2,1-3H3. The molecule has 0 fully saturated rings. The van der Waals surface area contributed by atoms with Crippen molar-refractivity contribution < 1.29 is 4.79 Å². The molecule has 0 aliphatic heterocycles. The summed E-state index contributed by atoms with van der Waals surface area (Å²) in [4.78, 5) is 11.5. The molecule has 0 heterocycles. The molecule has 0 aromatic carbocycles. The molecule has 0 amide bonds. The van der Waals surface area contributed by atoms with E-state index in [1.54, 1.807) is 0 Å². The van der Waals surface area contributed by atoms with Crippen molar-refractivity contribution in [3.63, 3.8) is 0 Å². The zero-order valence-corrected chi connectivity index (χ0v) is 7.55. The Labute approximate surface area is 68.5 Å². The van der Waals surface area contributed by atoms with E-state index in [1.165, 1.54) is 5.57 Å². The van der Waals surface area contributed by atoms with Crippen LogP contribution in [0.4, 0.5) is 0 Å². The Morgan fingerprint density at radius 1 is 1.36 bits per heavy atom. The van der Waals surface area contributed by atoms with E-state index in [2.05, 4.69) is 13.0 Å². The van der Waals surface area contributed by atoms with Crippen LogP contribution in [0.2, 0.25) is 0 Å². The van der Waals surface area contributed by atoms with Gasteiger partial charge in [0, 0.05) is 11.8 Å². The third kappa shape index (κ3) is 1.92. The fourth-order valence-electron chi connectivity index (χ4n) is 1.65. The number of allylic oxidation sites excluding steroid dienone is 2. The summed E-state index contributed by atoms with van der Waals surface area (Å²) < 4.78 is 0. The van der Waals surface area contributed by atoms with Crippen LogP contribution < -0.4 is 0 Å². The Kier molecular flexibility index (Phi) is 2.48. The van der Waals surface area contributed by atoms with E-state index in [-0.39, 0.29) is 11.8 Å². The maximum absolute atomic E-state index is 11.5. The van der Waals surface area contributed by atoms with Crippen LogP contribution in [0.5, 0.6) is 0 Å². The maximum Gasteiger partial charge on any atom is 0.139 e. The summed E-state index contributed by atoms with van der Waals surface area (Å²) in [6, 6.07) is 0. The van der Waals surface area contributed by atoms with Crippen molar-refractivity contribution >= 4 is 5.78 Å². The van der Waals surface area contributed by atoms with Gasteiger partial charge in [0.2, 0.25) is 0 Å². The van der Waals surface area contributed by atoms with E-state index in [0.29, 0.717) is 5.78 Å². The lowest BCUT2D eigenvalue weighted by Crippen LogP contribution is -2.16. The smallest absolute Gasteiger partial charge is 0.139 e. The quantitative estimate of drug-likeness (QED) is 0.487. The molecule has 0 saturated heterocycles. The van der Waals surface area contributed by atoms with Crippen molar-refractivity contribution in [2.75, 3.05) is 0 Å². The van der Waals surface area contributed by atoms with Crippen molar-refractivity contribution in [3.8, 4) is 0 Å². The molecular formula is C10H16O. The van der Waals surface area contributed by atoms with E-state index >= 15 is 0 Å². The van der Waals surface area contributed by atoms with Gasteiger partial charge in [-0.3, -0.25) is 4.79 Å². The topological polar surface area (TPSA) is 17.1 Å². The minimum atomic E-state index is 0.238. The van der Waals surface area contributed by atoms with E-state index < -0.39 is 0 Å². The molecule has 0 N–H and O–H groups in total. The number of Topliss-reactive ketones (excluding diaryl/α,β-unsaturated/α-hetero) is 1. The van der Waals surface area contributed by atoms with Gasteiger partial charge >= 0.3 is 0 Å². The number of hydrogen-bond acceptors (Lipinski definition) is 1. The maximum atomic E-state index is 11.5. The van der Waals surface area contributed by atoms with Crippen molar-refractivity contribution in [1.82, 2.24) is 0 Å². The van der Waals surface area contributed by atoms with Crippen LogP contribution in [0, 0.1) is 11.8 Å². The minimum absolute atomic E-state index is 0.238. The summed E-state index contributed by atoms with van der Waals surface area (Å²) in [5.74, 6) is 0.907. The van der Waals surface area contributed by atoms with Gasteiger partial charge in [0.25, 0.3) is 0 Å². The highest BCUT2D eigenvalue weighted by Crippen LogP contribution is 2.23. The monoisotopic (exact) mass is 152 g/mol. The molecule has 0 saturated carbocycles. The second-order valence-corrected chi connectivity index (χ2v) is 3.69. The third-order valence-electron chi connectivity index (χ3n) is 2.42. The summed E-state index contributed by atoms with van der Waals surface area (Å²) in [6.45, 7) is 6.16. The number of carbonyl (C=O) groups is 1. The van der Waals surface area contributed by atoms with Crippen LogP contribution in [-0.4, -0.2) is 5.78 Å². The molecule has 0 aromatic heterocycles. The zero-order valence-electron chi connectivity index (χ0n) is 7.55. The summed E-state index contributed by atoms with van der Waals surface area (Å²) in [7, 11) is 0. The molecule has 0 spiro atoms. The lowest BCUT2D eigenvalue weighted by atomic mass is 9.93. The Morgan fingerprint density at radius 2 is 2.00 bits per heavy atom. The second-order valence-electron chi connectivity index (χ2n) is 3.69. The molecule has 1 aliphatic rings. The van der Waals surface area contributed by atoms with Gasteiger partial charge in [-0.15, -0.1) is 0 Å². The fourth-order valence-corrected chi connectivity index (χ4v) is 1.65. The van der Waals surface area contributed by atoms with Gasteiger partial charge in [-0.2, -0.15) is 0 Å². The van der Waals surface area contributed by atoms with Crippen molar-refractivity contribution in [1.29, 1.82) is 0 Å². The average molecular weight is 152 g/mol. The molecule has 2 unspecified atom stereocenters. The molecule has 11 heavy (non-hydrogen) atoms. The van der Waals surface area contributed by atoms with Crippen molar-refractivity contribution in [3.05, 3.63) is 11.6 Å². The van der Waals surface area contributed by atoms with Crippen LogP contribution in [0.25, 0.3) is 0 Å². The predicted octanol–water partition coefficient (Wildman–Crippen LogP) is 2.57. The van der Waals surface area contributed by atoms with Crippen LogP contribution >= 0.6 is 0 Å². The average Bonchev–Trinajstić information content (AvgIpc) is 2.05. The van der Waals surface area contributed by atoms with Gasteiger partial charge in [0.1, 0.15) is 5.78 Å². The van der Waals surface area contributed by atoms with Crippen LogP contribution in [-0.2, 0) is 4.79 Å². The first-order chi connectivity index (χ1) is 5.11. The van der Waals surface area contributed by atoms with Crippen LogP contribution in [0.1, 0.15) is 33.6 Å². The molecule has 0 aromatic rings. The summed E-state index contributed by atoms with van der Waals surface area (Å²) >= 11 is 0. The van der Waals surface area contributed by atoms with Gasteiger partial charge in [0.05, 0.1) is 0 Å². The van der Waals surface area contributed by atoms with E-state index in [9.17, 15) is 4.79 Å². The highest BCUT2D eigenvalue weighted by atomic mass is 16.1. The SMILES string of the molecule is CC1=CCC(C)C(=O)C(C)C1. The molecule has 0 bridgehead atoms. The Hall–Kier alpha value is -0.590. The number of carbonyl (C=O) groups excluding carboxylic acids is 1. The molecule has 1 heteroatoms. The third-order valence-corrected chi connectivity index (χ3v) is 2.42. The van der Waals surface area contributed by atoms with Gasteiger partial charge in [-0.25, -0.2) is 0 Å². The summed E-state index contributed by atoms with van der Waals surface area (Å²) in [5, 5.41) is 0. The highest BCUT2D eigenvalue weighted by Gasteiger charge is 2.21. The summed E-state index contributed by atoms with van der Waals surface area (Å²) in [5.41, 5.74) is 1.37. The van der Waals surface area contributed by atoms with E-state index in [4.69, 9.17) is 0 Å². The predicted molar refractivity (Wildman–Crippen MR) is 46.3 cm³/mol. The van der Waals surface area contributed by atoms with Gasteiger partial charge in [-0.05, 0) is 19.8 Å². The molecule has 62 valence electrons. The number of ketones is 1. The first-order valence-electron chi connectivity index (χ1n) is 4.30. The molecule has 1 aliphatic carbocycles. The lowest BCUT2D eigenvalue weighted by Gasteiger charge is -2.10. The molecule has 1 rings (SSSR count). The number of hydrogen-bond donors (Lipinski definition) is 0. The van der Waals surface area contributed by atoms with Crippen LogP contribution in [0.3, 0.4) is 0 Å². The van der Waals surface area contributed by atoms with Gasteiger partial charge < -0.3 is 0 Å². The first-order valence-corrected chi connectivity index (χ1v) is 4.30. The number of rotatable bonds is 0. The molecular weight excluding hydrogens is 136 g/mol. The molecule has 0 radical (unpaired) electrons. The molecule has 2 atom stereocenters. The fraction of sp³-hybridized carbons (Fsp3) is 0.700. The normalized spacial score (nSPS) is 33.0. The second kappa shape index (κ2) is 3.21. The largest absolute Gasteiger partial charge is 0.299 e. The Morgan fingerprint density at radius 3 is 2.64 bits per heavy atom. The van der Waals surface area contributed by atoms with Crippen molar-refractivity contribution in [2.24, 2.45) is 11.8 Å². The van der Waals surface area contributed by atoms with Crippen molar-refractivity contribution in [2.45, 2.75) is 33.6 Å². The Bertz CT molecular complexity index is 191. The Balaban J connectivity index is 2.73. The van der Waals surface area contributed by atoms with E-state index in [1.807, 2.05) is 13.8 Å². The first kappa shape index (κ1) is 8.51. The van der Waals surface area contributed by atoms with E-state index in [0.717, 1.165) is 12.8 Å². The lowest BCUT2D eigenvalue weighted by molar-refractivity contribution is -0.125. The van der Waals surface area contributed by atoms with Gasteiger partial charge in [0.15, 0.2) is 0 Å². The zero-order chi connectivity index (χ0) is 8.43. The summed E-state index contributed by atoms with van der Waals surface area (Å²) in [6.07, 6.45) is 4.10. The molecule has 1 nitrogen and oxygen atoms in total. The van der Waals surface area contributed by atoms with Gasteiger partial charge in [-0.1, -0.05) is 25.5 Å². The van der Waals surface area contributed by atoms with Crippen LogP contribution in [0.15, 0.2) is 11.6 Å². The minimum Gasteiger partial charge on any atom is -0.299 e.